The van der Waals surface area contributed by atoms with Gasteiger partial charge >= 0.3 is 29.6 Å². The fourth-order valence-electron chi connectivity index (χ4n) is 0.706. The first-order valence-corrected chi connectivity index (χ1v) is 4.03. The quantitative estimate of drug-likeness (QED) is 0.346. The first-order chi connectivity index (χ1) is 5.13. The number of rotatable bonds is 6. The van der Waals surface area contributed by atoms with Crippen LogP contribution in [0, 0.1) is 5.92 Å². The zero-order valence-electron chi connectivity index (χ0n) is 8.22. The fourth-order valence-corrected chi connectivity index (χ4v) is 0.706. The molecule has 0 spiro atoms. The van der Waals surface area contributed by atoms with Crippen LogP contribution in [0.5, 0.6) is 0 Å². The summed E-state index contributed by atoms with van der Waals surface area (Å²) in [5.41, 5.74) is 0. The van der Waals surface area contributed by atoms with E-state index in [1.54, 1.807) is 0 Å². The Bertz CT molecular complexity index is 118. The van der Waals surface area contributed by atoms with Crippen LogP contribution in [0.25, 0.3) is 0 Å². The van der Waals surface area contributed by atoms with E-state index in [4.69, 9.17) is 0 Å². The maximum Gasteiger partial charge on any atom is 1.00 e. The topological polar surface area (TPSA) is 52.2 Å². The normalized spacial score (nSPS) is 9.58. The molecule has 1 N–H and O–H groups in total. The van der Waals surface area contributed by atoms with E-state index in [2.05, 4.69) is 19.2 Å². The Kier molecular flexibility index (Phi) is 11.8. The average molecular weight is 181 g/mol. The molecule has 0 unspecified atom stereocenters. The van der Waals surface area contributed by atoms with Gasteiger partial charge in [0.15, 0.2) is 0 Å². The minimum absolute atomic E-state index is 0. The molecular weight excluding hydrogens is 165 g/mol. The number of hydrogen-bond acceptors (Lipinski definition) is 3. The summed E-state index contributed by atoms with van der Waals surface area (Å²) in [6, 6.07) is 0. The van der Waals surface area contributed by atoms with Crippen molar-refractivity contribution in [3.05, 3.63) is 0 Å². The standard InChI is InChI=1S/C8H17NO2.Na/c1-7(2)3-5-9-6-4-8(10)11;/h7,9H,3-6H2,1-2H3,(H,10,11);/q;+1/p-1. The van der Waals surface area contributed by atoms with Crippen LogP contribution >= 0.6 is 0 Å². The van der Waals surface area contributed by atoms with Crippen LogP contribution in [-0.2, 0) is 4.79 Å². The molecule has 0 atom stereocenters. The van der Waals surface area contributed by atoms with E-state index in [9.17, 15) is 9.90 Å². The van der Waals surface area contributed by atoms with E-state index in [0.717, 1.165) is 13.0 Å². The second kappa shape index (κ2) is 9.52. The first kappa shape index (κ1) is 14.9. The molecule has 12 heavy (non-hydrogen) atoms. The van der Waals surface area contributed by atoms with Gasteiger partial charge in [0, 0.05) is 12.5 Å². The zero-order chi connectivity index (χ0) is 8.69. The maximum atomic E-state index is 9.95. The molecule has 0 bridgehead atoms. The van der Waals surface area contributed by atoms with Gasteiger partial charge in [0.05, 0.1) is 0 Å². The molecule has 0 fully saturated rings. The van der Waals surface area contributed by atoms with Gasteiger partial charge < -0.3 is 15.2 Å². The van der Waals surface area contributed by atoms with E-state index < -0.39 is 5.97 Å². The van der Waals surface area contributed by atoms with Gasteiger partial charge in [0.2, 0.25) is 0 Å². The van der Waals surface area contributed by atoms with Gasteiger partial charge in [-0.3, -0.25) is 0 Å². The van der Waals surface area contributed by atoms with Crippen molar-refractivity contribution in [3.63, 3.8) is 0 Å². The molecule has 0 aliphatic heterocycles. The third-order valence-corrected chi connectivity index (χ3v) is 1.40. The molecule has 0 aromatic rings. The number of carbonyl (C=O) groups is 1. The van der Waals surface area contributed by atoms with Crippen LogP contribution < -0.4 is 40.0 Å². The van der Waals surface area contributed by atoms with Gasteiger partial charge in [-0.1, -0.05) is 13.8 Å². The average Bonchev–Trinajstić information content (AvgIpc) is 1.85. The molecule has 66 valence electrons. The molecule has 0 heterocycles. The molecule has 0 aliphatic rings. The van der Waals surface area contributed by atoms with Gasteiger partial charge in [-0.15, -0.1) is 0 Å². The van der Waals surface area contributed by atoms with E-state index in [1.807, 2.05) is 0 Å². The van der Waals surface area contributed by atoms with E-state index in [-0.39, 0.29) is 36.0 Å². The Balaban J connectivity index is 0. The van der Waals surface area contributed by atoms with Crippen molar-refractivity contribution in [1.29, 1.82) is 0 Å². The molecule has 0 aliphatic carbocycles. The van der Waals surface area contributed by atoms with Crippen LogP contribution in [0.3, 0.4) is 0 Å². The van der Waals surface area contributed by atoms with E-state index in [1.165, 1.54) is 0 Å². The van der Waals surface area contributed by atoms with Crippen molar-refractivity contribution in [1.82, 2.24) is 5.32 Å². The molecule has 0 aromatic heterocycles. The van der Waals surface area contributed by atoms with Crippen LogP contribution in [0.2, 0.25) is 0 Å². The molecule has 3 nitrogen and oxygen atoms in total. The van der Waals surface area contributed by atoms with Crippen LogP contribution in [0.1, 0.15) is 26.7 Å². The van der Waals surface area contributed by atoms with Crippen molar-refractivity contribution in [2.24, 2.45) is 5.92 Å². The summed E-state index contributed by atoms with van der Waals surface area (Å²) in [7, 11) is 0. The van der Waals surface area contributed by atoms with E-state index in [0.29, 0.717) is 12.5 Å². The smallest absolute Gasteiger partial charge is 0.550 e. The molecule has 0 saturated carbocycles. The molecule has 0 radical (unpaired) electrons. The number of nitrogens with one attached hydrogen (secondary N) is 1. The molecule has 0 saturated heterocycles. The second-order valence-corrected chi connectivity index (χ2v) is 3.05. The Hall–Kier alpha value is 0.430. The summed E-state index contributed by atoms with van der Waals surface area (Å²) in [6.07, 6.45) is 1.20. The SMILES string of the molecule is CC(C)CCNCCC(=O)[O-].[Na+]. The van der Waals surface area contributed by atoms with Crippen LogP contribution in [0.15, 0.2) is 0 Å². The Labute approximate surface area is 96.2 Å². The summed E-state index contributed by atoms with van der Waals surface area (Å²) in [5.74, 6) is -0.312. The predicted molar refractivity (Wildman–Crippen MR) is 41.9 cm³/mol. The number of carboxylic acid groups (broad SMARTS) is 1. The van der Waals surface area contributed by atoms with Crippen LogP contribution in [-0.4, -0.2) is 19.1 Å². The summed E-state index contributed by atoms with van der Waals surface area (Å²) < 4.78 is 0. The molecule has 0 aromatic carbocycles. The Morgan fingerprint density at radius 1 is 1.42 bits per heavy atom. The fraction of sp³-hybridized carbons (Fsp3) is 0.875. The van der Waals surface area contributed by atoms with Gasteiger partial charge in [0.25, 0.3) is 0 Å². The third kappa shape index (κ3) is 13.1. The summed E-state index contributed by atoms with van der Waals surface area (Å²) in [4.78, 5) is 9.95. The maximum absolute atomic E-state index is 9.95. The van der Waals surface area contributed by atoms with Crippen LogP contribution in [0.4, 0.5) is 0 Å². The minimum Gasteiger partial charge on any atom is -0.550 e. The summed E-state index contributed by atoms with van der Waals surface area (Å²) in [5, 5.41) is 13.0. The molecule has 0 amide bonds. The first-order valence-electron chi connectivity index (χ1n) is 4.03. The van der Waals surface area contributed by atoms with Gasteiger partial charge in [-0.2, -0.15) is 0 Å². The number of carbonyl (C=O) groups excluding carboxylic acids is 1. The van der Waals surface area contributed by atoms with Crippen molar-refractivity contribution < 1.29 is 39.5 Å². The zero-order valence-corrected chi connectivity index (χ0v) is 10.2. The van der Waals surface area contributed by atoms with Crippen molar-refractivity contribution >= 4 is 5.97 Å². The minimum atomic E-state index is -0.984. The Morgan fingerprint density at radius 2 is 2.00 bits per heavy atom. The molecular formula is C8H16NNaO2. The monoisotopic (exact) mass is 181 g/mol. The van der Waals surface area contributed by atoms with Gasteiger partial charge in [-0.25, -0.2) is 0 Å². The Morgan fingerprint density at radius 3 is 2.42 bits per heavy atom. The molecule has 4 heteroatoms. The van der Waals surface area contributed by atoms with Gasteiger partial charge in [0.1, 0.15) is 0 Å². The van der Waals surface area contributed by atoms with Crippen molar-refractivity contribution in [2.75, 3.05) is 13.1 Å². The molecule has 0 rings (SSSR count). The number of aliphatic carboxylic acids is 1. The summed E-state index contributed by atoms with van der Waals surface area (Å²) >= 11 is 0. The van der Waals surface area contributed by atoms with Crippen molar-refractivity contribution in [3.8, 4) is 0 Å². The third-order valence-electron chi connectivity index (χ3n) is 1.40. The largest absolute Gasteiger partial charge is 1.00 e. The van der Waals surface area contributed by atoms with Crippen molar-refractivity contribution in [2.45, 2.75) is 26.7 Å². The number of carboxylic acids is 1. The second-order valence-electron chi connectivity index (χ2n) is 3.05. The predicted octanol–water partition coefficient (Wildman–Crippen LogP) is -3.23. The van der Waals surface area contributed by atoms with E-state index >= 15 is 0 Å². The number of hydrogen-bond donors (Lipinski definition) is 1. The van der Waals surface area contributed by atoms with Gasteiger partial charge in [-0.05, 0) is 25.3 Å². The summed E-state index contributed by atoms with van der Waals surface area (Å²) in [6.45, 7) is 5.70.